The average molecular weight is 381 g/mol. The van der Waals surface area contributed by atoms with Crippen LogP contribution in [-0.4, -0.2) is 20.2 Å². The Hall–Kier alpha value is -2.24. The summed E-state index contributed by atoms with van der Waals surface area (Å²) in [4.78, 5) is 0. The Morgan fingerprint density at radius 1 is 1.04 bits per heavy atom. The minimum atomic E-state index is 0.0872. The number of hydrogen-bond donors (Lipinski definition) is 1. The summed E-state index contributed by atoms with van der Waals surface area (Å²) in [6.07, 6.45) is 1.98. The summed E-state index contributed by atoms with van der Waals surface area (Å²) in [5.41, 5.74) is 9.53. The predicted molar refractivity (Wildman–Crippen MR) is 107 cm³/mol. The van der Waals surface area contributed by atoms with Crippen molar-refractivity contribution in [3.63, 3.8) is 0 Å². The van der Waals surface area contributed by atoms with Crippen LogP contribution in [0.2, 0.25) is 0 Å². The minimum Gasteiger partial charge on any atom is -0.304 e. The number of rotatable bonds is 2. The number of nitrogens with zero attached hydrogens (tertiary/aromatic N) is 3. The van der Waals surface area contributed by atoms with Gasteiger partial charge in [-0.15, -0.1) is 10.2 Å². The molecule has 26 heavy (non-hydrogen) atoms. The SMILES string of the molecule is Cc1ccccc1-c1nnc2n1NC(C1=C(Cl)c3ccccc3CC1)S2. The maximum absolute atomic E-state index is 6.77. The molecule has 1 atom stereocenters. The molecule has 5 rings (SSSR count). The molecular formula is C20H17ClN4S. The molecule has 1 unspecified atom stereocenters. The molecule has 0 fully saturated rings. The van der Waals surface area contributed by atoms with Crippen LogP contribution in [0.5, 0.6) is 0 Å². The van der Waals surface area contributed by atoms with E-state index < -0.39 is 0 Å². The fraction of sp³-hybridized carbons (Fsp3) is 0.200. The first-order valence-electron chi connectivity index (χ1n) is 8.64. The van der Waals surface area contributed by atoms with E-state index in [0.29, 0.717) is 0 Å². The van der Waals surface area contributed by atoms with Gasteiger partial charge < -0.3 is 5.43 Å². The van der Waals surface area contributed by atoms with Gasteiger partial charge in [0.2, 0.25) is 5.16 Å². The van der Waals surface area contributed by atoms with Crippen LogP contribution in [-0.2, 0) is 6.42 Å². The largest absolute Gasteiger partial charge is 0.304 e. The highest BCUT2D eigenvalue weighted by Crippen LogP contribution is 2.42. The second kappa shape index (κ2) is 6.18. The van der Waals surface area contributed by atoms with Gasteiger partial charge in [-0.25, -0.2) is 4.68 Å². The fourth-order valence-corrected chi connectivity index (χ4v) is 5.14. The molecule has 2 aromatic carbocycles. The zero-order valence-corrected chi connectivity index (χ0v) is 15.8. The molecule has 4 nitrogen and oxygen atoms in total. The predicted octanol–water partition coefficient (Wildman–Crippen LogP) is 4.83. The summed E-state index contributed by atoms with van der Waals surface area (Å²) in [5.74, 6) is 0.848. The van der Waals surface area contributed by atoms with Crippen molar-refractivity contribution in [2.45, 2.75) is 30.3 Å². The summed E-state index contributed by atoms with van der Waals surface area (Å²) in [7, 11) is 0. The lowest BCUT2D eigenvalue weighted by molar-refractivity contribution is 0.780. The number of hydrogen-bond acceptors (Lipinski definition) is 4. The lowest BCUT2D eigenvalue weighted by Gasteiger charge is -2.23. The first-order chi connectivity index (χ1) is 12.7. The third-order valence-electron chi connectivity index (χ3n) is 5.00. The molecule has 2 heterocycles. The van der Waals surface area contributed by atoms with Gasteiger partial charge in [-0.2, -0.15) is 0 Å². The monoisotopic (exact) mass is 380 g/mol. The van der Waals surface area contributed by atoms with Crippen molar-refractivity contribution < 1.29 is 0 Å². The number of aromatic nitrogens is 3. The molecule has 0 amide bonds. The van der Waals surface area contributed by atoms with Crippen molar-refractivity contribution in [3.8, 4) is 11.4 Å². The Morgan fingerprint density at radius 2 is 1.81 bits per heavy atom. The van der Waals surface area contributed by atoms with Gasteiger partial charge in [-0.1, -0.05) is 71.9 Å². The molecule has 0 spiro atoms. The van der Waals surface area contributed by atoms with Crippen LogP contribution in [0.25, 0.3) is 16.4 Å². The average Bonchev–Trinajstić information content (AvgIpc) is 3.24. The number of thioether (sulfide) groups is 1. The normalized spacial score (nSPS) is 18.5. The smallest absolute Gasteiger partial charge is 0.212 e. The van der Waals surface area contributed by atoms with Crippen molar-refractivity contribution >= 4 is 28.4 Å². The van der Waals surface area contributed by atoms with Crippen LogP contribution in [0.3, 0.4) is 0 Å². The Balaban J connectivity index is 1.50. The molecule has 1 aliphatic heterocycles. The highest BCUT2D eigenvalue weighted by Gasteiger charge is 2.32. The van der Waals surface area contributed by atoms with Gasteiger partial charge in [-0.05, 0) is 42.0 Å². The van der Waals surface area contributed by atoms with Gasteiger partial charge in [0.15, 0.2) is 5.82 Å². The van der Waals surface area contributed by atoms with Crippen molar-refractivity contribution in [1.82, 2.24) is 14.9 Å². The number of benzene rings is 2. The zero-order valence-electron chi connectivity index (χ0n) is 14.2. The van der Waals surface area contributed by atoms with Crippen LogP contribution in [0.15, 0.2) is 59.3 Å². The summed E-state index contributed by atoms with van der Waals surface area (Å²) < 4.78 is 2.00. The van der Waals surface area contributed by atoms with Gasteiger partial charge in [0.05, 0.1) is 5.03 Å². The van der Waals surface area contributed by atoms with E-state index in [0.717, 1.165) is 40.0 Å². The number of nitrogens with one attached hydrogen (secondary N) is 1. The van der Waals surface area contributed by atoms with Crippen molar-refractivity contribution in [2.75, 3.05) is 5.43 Å². The van der Waals surface area contributed by atoms with Gasteiger partial charge in [0, 0.05) is 5.56 Å². The van der Waals surface area contributed by atoms with Gasteiger partial charge in [-0.3, -0.25) is 0 Å². The van der Waals surface area contributed by atoms with Crippen LogP contribution >= 0.6 is 23.4 Å². The quantitative estimate of drug-likeness (QED) is 0.691. The van der Waals surface area contributed by atoms with E-state index in [1.807, 2.05) is 22.9 Å². The van der Waals surface area contributed by atoms with Gasteiger partial charge in [0.1, 0.15) is 5.37 Å². The van der Waals surface area contributed by atoms with E-state index in [1.54, 1.807) is 11.8 Å². The second-order valence-corrected chi connectivity index (χ2v) is 8.03. The maximum Gasteiger partial charge on any atom is 0.212 e. The summed E-state index contributed by atoms with van der Waals surface area (Å²) in [6.45, 7) is 2.09. The van der Waals surface area contributed by atoms with Crippen LogP contribution < -0.4 is 5.43 Å². The van der Waals surface area contributed by atoms with Crippen LogP contribution in [0.1, 0.15) is 23.1 Å². The molecule has 6 heteroatoms. The van der Waals surface area contributed by atoms with Crippen molar-refractivity contribution in [3.05, 3.63) is 70.8 Å². The first-order valence-corrected chi connectivity index (χ1v) is 9.89. The Labute approximate surface area is 161 Å². The molecular weight excluding hydrogens is 364 g/mol. The van der Waals surface area contributed by atoms with Crippen LogP contribution in [0.4, 0.5) is 0 Å². The van der Waals surface area contributed by atoms with Gasteiger partial charge in [0.25, 0.3) is 0 Å². The van der Waals surface area contributed by atoms with Crippen molar-refractivity contribution in [2.24, 2.45) is 0 Å². The minimum absolute atomic E-state index is 0.0872. The van der Waals surface area contributed by atoms with E-state index >= 15 is 0 Å². The standard InChI is InChI=1S/C20H17ClN4S/c1-12-6-2-4-8-14(12)18-22-23-20-25(18)24-19(26-20)16-11-10-13-7-3-5-9-15(13)17(16)21/h2-9,19,24H,10-11H2,1H3. The van der Waals surface area contributed by atoms with Gasteiger partial charge >= 0.3 is 0 Å². The molecule has 0 radical (unpaired) electrons. The number of aryl methyl sites for hydroxylation is 2. The topological polar surface area (TPSA) is 42.7 Å². The molecule has 2 aliphatic rings. The molecule has 1 aromatic heterocycles. The third-order valence-corrected chi connectivity index (χ3v) is 6.55. The lowest BCUT2D eigenvalue weighted by atomic mass is 9.92. The van der Waals surface area contributed by atoms with E-state index in [-0.39, 0.29) is 5.37 Å². The number of fused-ring (bicyclic) bond motifs is 2. The fourth-order valence-electron chi connectivity index (χ4n) is 3.61. The molecule has 130 valence electrons. The molecule has 0 saturated carbocycles. The summed E-state index contributed by atoms with van der Waals surface area (Å²) >= 11 is 8.44. The molecule has 3 aromatic rings. The maximum atomic E-state index is 6.77. The Kier molecular flexibility index (Phi) is 3.80. The Morgan fingerprint density at radius 3 is 2.65 bits per heavy atom. The van der Waals surface area contributed by atoms with Crippen LogP contribution in [0, 0.1) is 6.92 Å². The number of halogens is 1. The lowest BCUT2D eigenvalue weighted by Crippen LogP contribution is -2.24. The zero-order chi connectivity index (χ0) is 17.7. The molecule has 1 aliphatic carbocycles. The van der Waals surface area contributed by atoms with E-state index in [4.69, 9.17) is 11.6 Å². The summed E-state index contributed by atoms with van der Waals surface area (Å²) in [6, 6.07) is 16.6. The third kappa shape index (κ3) is 2.46. The van der Waals surface area contributed by atoms with Crippen molar-refractivity contribution in [1.29, 1.82) is 0 Å². The Bertz CT molecular complexity index is 1040. The van der Waals surface area contributed by atoms with E-state index in [2.05, 4.69) is 52.9 Å². The molecule has 0 saturated heterocycles. The highest BCUT2D eigenvalue weighted by atomic mass is 35.5. The van der Waals surface area contributed by atoms with E-state index in [9.17, 15) is 0 Å². The summed E-state index contributed by atoms with van der Waals surface area (Å²) in [5, 5.41) is 10.6. The highest BCUT2D eigenvalue weighted by molar-refractivity contribution is 8.00. The second-order valence-electron chi connectivity index (χ2n) is 6.58. The molecule has 0 bridgehead atoms. The molecule has 1 N–H and O–H groups in total. The first kappa shape index (κ1) is 16.0. The van der Waals surface area contributed by atoms with E-state index in [1.165, 1.54) is 16.7 Å².